The highest BCUT2D eigenvalue weighted by molar-refractivity contribution is 5.97. The lowest BCUT2D eigenvalue weighted by Gasteiger charge is -2.34. The number of hydrogen-bond acceptors (Lipinski definition) is 5. The summed E-state index contributed by atoms with van der Waals surface area (Å²) in [6.45, 7) is 6.89. The van der Waals surface area contributed by atoms with E-state index >= 15 is 0 Å². The van der Waals surface area contributed by atoms with E-state index in [4.69, 9.17) is 4.74 Å². The van der Waals surface area contributed by atoms with Crippen LogP contribution in [-0.2, 0) is 9.53 Å². The van der Waals surface area contributed by atoms with Crippen molar-refractivity contribution in [2.75, 3.05) is 7.05 Å². The van der Waals surface area contributed by atoms with Crippen molar-refractivity contribution in [3.05, 3.63) is 35.8 Å². The number of nitrogens with one attached hydrogen (secondary N) is 1. The molecule has 1 aromatic heterocycles. The number of ether oxygens (including phenoxy) is 1. The second-order valence-electron chi connectivity index (χ2n) is 7.06. The highest BCUT2D eigenvalue weighted by Gasteiger charge is 2.33. The van der Waals surface area contributed by atoms with Gasteiger partial charge in [-0.3, -0.25) is 14.7 Å². The second-order valence-corrected chi connectivity index (χ2v) is 7.06. The van der Waals surface area contributed by atoms with E-state index in [1.165, 1.54) is 6.92 Å². The molecule has 1 amide bonds. The first-order valence-corrected chi connectivity index (χ1v) is 8.09. The molecular weight excluding hydrogens is 320 g/mol. The summed E-state index contributed by atoms with van der Waals surface area (Å²) in [5, 5.41) is 2.82. The van der Waals surface area contributed by atoms with Crippen LogP contribution >= 0.6 is 0 Å². The van der Waals surface area contributed by atoms with E-state index in [1.807, 2.05) is 28.8 Å². The number of Topliss-reactive ketones (excluding diaryl/α,β-unsaturated/α-hetero) is 1. The van der Waals surface area contributed by atoms with Crippen molar-refractivity contribution in [2.45, 2.75) is 39.5 Å². The van der Waals surface area contributed by atoms with E-state index in [2.05, 4.69) is 10.3 Å². The number of amides is 1. The largest absolute Gasteiger partial charge is 0.444 e. The first-order chi connectivity index (χ1) is 11.7. The smallest absolute Gasteiger partial charge is 0.409 e. The molecule has 132 valence electrons. The minimum atomic E-state index is -0.614. The van der Waals surface area contributed by atoms with Gasteiger partial charge in [-0.2, -0.15) is 0 Å². The number of carbonyl (C=O) groups is 2. The number of fused-ring (bicyclic) bond motifs is 3. The molecule has 0 radical (unpaired) electrons. The highest BCUT2D eigenvalue weighted by Crippen LogP contribution is 2.30. The second kappa shape index (κ2) is 5.91. The van der Waals surface area contributed by atoms with Crippen LogP contribution in [0.1, 0.15) is 39.7 Å². The van der Waals surface area contributed by atoms with Crippen molar-refractivity contribution in [2.24, 2.45) is 0 Å². The fourth-order valence-electron chi connectivity index (χ4n) is 2.84. The molecule has 7 heteroatoms. The number of nitrogens with zero attached hydrogens (tertiary/aromatic N) is 3. The van der Waals surface area contributed by atoms with E-state index in [1.54, 1.807) is 38.9 Å². The Morgan fingerprint density at radius 1 is 1.24 bits per heavy atom. The van der Waals surface area contributed by atoms with Gasteiger partial charge >= 0.3 is 6.09 Å². The third kappa shape index (κ3) is 3.22. The van der Waals surface area contributed by atoms with Gasteiger partial charge in [0.1, 0.15) is 5.60 Å². The lowest BCUT2D eigenvalue weighted by atomic mass is 10.2. The van der Waals surface area contributed by atoms with E-state index in [0.717, 1.165) is 11.0 Å². The number of ketones is 1. The molecule has 0 saturated carbocycles. The standard InChI is InChI=1S/C18H22N4O3/c1-11(23)14-10-22-13-9-7-6-8-12(13)19-16(22)15(21(14)5)20-17(24)25-18(2,3)4/h6-10,15H,1-5H3,(H,20,24). The first kappa shape index (κ1) is 17.0. The van der Waals surface area contributed by atoms with Gasteiger partial charge in [0.25, 0.3) is 0 Å². The number of alkyl carbamates (subject to hydrolysis) is 1. The van der Waals surface area contributed by atoms with Gasteiger partial charge in [0.15, 0.2) is 17.8 Å². The molecule has 2 aromatic rings. The molecule has 1 aromatic carbocycles. The van der Waals surface area contributed by atoms with Crippen molar-refractivity contribution >= 4 is 29.1 Å². The van der Waals surface area contributed by atoms with Crippen LogP contribution in [0.2, 0.25) is 0 Å². The van der Waals surface area contributed by atoms with Crippen LogP contribution in [0.3, 0.4) is 0 Å². The average Bonchev–Trinajstić information content (AvgIpc) is 2.86. The van der Waals surface area contributed by atoms with Crippen LogP contribution < -0.4 is 5.32 Å². The van der Waals surface area contributed by atoms with Crippen LogP contribution in [0.5, 0.6) is 0 Å². The number of benzene rings is 1. The Balaban J connectivity index is 2.05. The third-order valence-electron chi connectivity index (χ3n) is 3.90. The fourth-order valence-corrected chi connectivity index (χ4v) is 2.84. The third-order valence-corrected chi connectivity index (χ3v) is 3.90. The Morgan fingerprint density at radius 2 is 1.92 bits per heavy atom. The van der Waals surface area contributed by atoms with Crippen molar-refractivity contribution in [3.63, 3.8) is 0 Å². The molecule has 0 saturated heterocycles. The molecule has 0 bridgehead atoms. The van der Waals surface area contributed by atoms with Crippen LogP contribution in [0, 0.1) is 0 Å². The number of allylic oxidation sites excluding steroid dienone is 1. The quantitative estimate of drug-likeness (QED) is 0.908. The molecule has 1 N–H and O–H groups in total. The van der Waals surface area contributed by atoms with E-state index in [0.29, 0.717) is 11.5 Å². The molecule has 0 aliphatic carbocycles. The Kier molecular flexibility index (Phi) is 4.02. The summed E-state index contributed by atoms with van der Waals surface area (Å²) in [4.78, 5) is 30.6. The van der Waals surface area contributed by atoms with E-state index in [-0.39, 0.29) is 5.78 Å². The van der Waals surface area contributed by atoms with Crippen LogP contribution in [0.25, 0.3) is 17.2 Å². The molecule has 0 fully saturated rings. The fraction of sp³-hybridized carbons (Fsp3) is 0.389. The molecule has 1 aliphatic rings. The molecular formula is C18H22N4O3. The molecule has 25 heavy (non-hydrogen) atoms. The summed E-state index contributed by atoms with van der Waals surface area (Å²) < 4.78 is 7.20. The summed E-state index contributed by atoms with van der Waals surface area (Å²) in [5.74, 6) is 0.529. The van der Waals surface area contributed by atoms with Gasteiger partial charge in [0.2, 0.25) is 0 Å². The predicted octanol–water partition coefficient (Wildman–Crippen LogP) is 2.89. The summed E-state index contributed by atoms with van der Waals surface area (Å²) in [6, 6.07) is 7.63. The van der Waals surface area contributed by atoms with Crippen LogP contribution in [-0.4, -0.2) is 39.0 Å². The lowest BCUT2D eigenvalue weighted by molar-refractivity contribution is -0.115. The van der Waals surface area contributed by atoms with Gasteiger partial charge in [-0.05, 0) is 32.9 Å². The molecule has 0 spiro atoms. The summed E-state index contributed by atoms with van der Waals surface area (Å²) in [6.07, 6.45) is 0.583. The minimum absolute atomic E-state index is 0.0954. The SMILES string of the molecule is CC(=O)C1=Cn2c(nc3ccccc32)C(NC(=O)OC(C)(C)C)N1C. The molecule has 2 heterocycles. The Bertz CT molecular complexity index is 876. The molecule has 1 atom stereocenters. The number of likely N-dealkylation sites (N-methyl/N-ethyl adjacent to an activating group) is 1. The zero-order valence-corrected chi connectivity index (χ0v) is 15.0. The molecule has 7 nitrogen and oxygen atoms in total. The van der Waals surface area contributed by atoms with Gasteiger partial charge < -0.3 is 9.64 Å². The van der Waals surface area contributed by atoms with Crippen LogP contribution in [0.4, 0.5) is 4.79 Å². The Hall–Kier alpha value is -2.83. The average molecular weight is 342 g/mol. The topological polar surface area (TPSA) is 76.5 Å². The number of carbonyl (C=O) groups excluding carboxylic acids is 2. The normalized spacial score (nSPS) is 17.1. The maximum absolute atomic E-state index is 12.3. The van der Waals surface area contributed by atoms with Crippen molar-refractivity contribution in [3.8, 4) is 0 Å². The number of imidazole rings is 1. The monoisotopic (exact) mass is 342 g/mol. The first-order valence-electron chi connectivity index (χ1n) is 8.09. The van der Waals surface area contributed by atoms with Crippen LogP contribution in [0.15, 0.2) is 30.0 Å². The highest BCUT2D eigenvalue weighted by atomic mass is 16.6. The van der Waals surface area contributed by atoms with Gasteiger partial charge in [-0.25, -0.2) is 9.78 Å². The van der Waals surface area contributed by atoms with Gasteiger partial charge in [0.05, 0.1) is 16.7 Å². The van der Waals surface area contributed by atoms with Gasteiger partial charge in [-0.1, -0.05) is 12.1 Å². The molecule has 1 unspecified atom stereocenters. The number of rotatable bonds is 2. The van der Waals surface area contributed by atoms with Crippen molar-refractivity contribution in [1.29, 1.82) is 0 Å². The summed E-state index contributed by atoms with van der Waals surface area (Å²) in [5.41, 5.74) is 1.54. The molecule has 3 rings (SSSR count). The Labute approximate surface area is 146 Å². The maximum Gasteiger partial charge on any atom is 0.409 e. The Morgan fingerprint density at radius 3 is 2.56 bits per heavy atom. The minimum Gasteiger partial charge on any atom is -0.444 e. The van der Waals surface area contributed by atoms with E-state index < -0.39 is 17.9 Å². The number of hydrogen-bond donors (Lipinski definition) is 1. The predicted molar refractivity (Wildman–Crippen MR) is 94.6 cm³/mol. The van der Waals surface area contributed by atoms with Gasteiger partial charge in [-0.15, -0.1) is 0 Å². The van der Waals surface area contributed by atoms with Crippen molar-refractivity contribution < 1.29 is 14.3 Å². The molecule has 1 aliphatic heterocycles. The maximum atomic E-state index is 12.3. The zero-order valence-electron chi connectivity index (χ0n) is 15.0. The lowest BCUT2D eigenvalue weighted by Crippen LogP contribution is -2.45. The number of para-hydroxylation sites is 2. The zero-order chi connectivity index (χ0) is 18.4. The van der Waals surface area contributed by atoms with E-state index in [9.17, 15) is 9.59 Å². The van der Waals surface area contributed by atoms with Crippen molar-refractivity contribution in [1.82, 2.24) is 19.8 Å². The number of aromatic nitrogens is 2. The van der Waals surface area contributed by atoms with Gasteiger partial charge in [0, 0.05) is 20.2 Å². The summed E-state index contributed by atoms with van der Waals surface area (Å²) in [7, 11) is 1.75. The summed E-state index contributed by atoms with van der Waals surface area (Å²) >= 11 is 0.